The van der Waals surface area contributed by atoms with Gasteiger partial charge in [0.25, 0.3) is 0 Å². The Labute approximate surface area is 72.4 Å². The lowest BCUT2D eigenvalue weighted by atomic mass is 9.85. The fourth-order valence-corrected chi connectivity index (χ4v) is 1.95. The number of hydrogen-bond donors (Lipinski definition) is 0. The van der Waals surface area contributed by atoms with Crippen LogP contribution in [0.25, 0.3) is 0 Å². The van der Waals surface area contributed by atoms with Gasteiger partial charge in [-0.25, -0.2) is 0 Å². The lowest BCUT2D eigenvalue weighted by Crippen LogP contribution is -2.10. The van der Waals surface area contributed by atoms with Crippen LogP contribution >= 0.6 is 0 Å². The van der Waals surface area contributed by atoms with Crippen LogP contribution in [0.1, 0.15) is 59.8 Å². The Morgan fingerprint density at radius 3 is 1.82 bits per heavy atom. The molecule has 2 atom stereocenters. The predicted molar refractivity (Wildman–Crippen MR) is 52.8 cm³/mol. The van der Waals surface area contributed by atoms with Gasteiger partial charge in [-0.1, -0.05) is 59.8 Å². The maximum absolute atomic E-state index is 2.41. The van der Waals surface area contributed by atoms with Crippen LogP contribution in [-0.2, 0) is 0 Å². The van der Waals surface area contributed by atoms with Crippen molar-refractivity contribution in [1.82, 2.24) is 0 Å². The summed E-state index contributed by atoms with van der Waals surface area (Å²) in [6.45, 7) is 9.32. The van der Waals surface area contributed by atoms with E-state index in [0.717, 1.165) is 11.8 Å². The summed E-state index contributed by atoms with van der Waals surface area (Å²) in [6, 6.07) is 0. The summed E-state index contributed by atoms with van der Waals surface area (Å²) in [6.07, 6.45) is 6.92. The van der Waals surface area contributed by atoms with Crippen LogP contribution < -0.4 is 0 Å². The predicted octanol–water partition coefficient (Wildman–Crippen LogP) is 4.25. The third kappa shape index (κ3) is 4.44. The van der Waals surface area contributed by atoms with Crippen LogP contribution in [0.4, 0.5) is 0 Å². The van der Waals surface area contributed by atoms with Gasteiger partial charge >= 0.3 is 0 Å². The summed E-state index contributed by atoms with van der Waals surface area (Å²) in [5.41, 5.74) is 0. The van der Waals surface area contributed by atoms with Crippen LogP contribution in [-0.4, -0.2) is 0 Å². The van der Waals surface area contributed by atoms with Crippen LogP contribution in [0.3, 0.4) is 0 Å². The van der Waals surface area contributed by atoms with E-state index in [1.54, 1.807) is 0 Å². The fourth-order valence-electron chi connectivity index (χ4n) is 1.95. The third-order valence-electron chi connectivity index (χ3n) is 2.73. The first-order valence-electron chi connectivity index (χ1n) is 5.26. The average molecular weight is 156 g/mol. The molecule has 0 aliphatic heterocycles. The fraction of sp³-hybridized carbons (Fsp3) is 1.00. The molecule has 0 heteroatoms. The van der Waals surface area contributed by atoms with Crippen molar-refractivity contribution in [1.29, 1.82) is 0 Å². The minimum atomic E-state index is 0.949. The normalized spacial score (nSPS) is 16.4. The van der Waals surface area contributed by atoms with Gasteiger partial charge in [-0.3, -0.25) is 0 Å². The molecule has 0 aromatic heterocycles. The van der Waals surface area contributed by atoms with E-state index < -0.39 is 0 Å². The molecule has 0 N–H and O–H groups in total. The Hall–Kier alpha value is 0. The quantitative estimate of drug-likeness (QED) is 0.539. The van der Waals surface area contributed by atoms with Gasteiger partial charge in [-0.05, 0) is 11.8 Å². The molecule has 0 saturated heterocycles. The summed E-state index contributed by atoms with van der Waals surface area (Å²) >= 11 is 0. The van der Waals surface area contributed by atoms with E-state index in [2.05, 4.69) is 27.7 Å². The molecule has 0 nitrogen and oxygen atoms in total. The highest BCUT2D eigenvalue weighted by atomic mass is 14.2. The molecule has 0 rings (SSSR count). The molecule has 0 radical (unpaired) electrons. The van der Waals surface area contributed by atoms with Crippen LogP contribution in [0.5, 0.6) is 0 Å². The second-order valence-corrected chi connectivity index (χ2v) is 3.72. The van der Waals surface area contributed by atoms with Crippen molar-refractivity contribution in [2.75, 3.05) is 0 Å². The molecule has 0 spiro atoms. The van der Waals surface area contributed by atoms with Crippen molar-refractivity contribution in [3.63, 3.8) is 0 Å². The maximum atomic E-state index is 2.41. The molecule has 0 aromatic rings. The van der Waals surface area contributed by atoms with E-state index >= 15 is 0 Å². The summed E-state index contributed by atoms with van der Waals surface area (Å²) in [5.74, 6) is 1.94. The summed E-state index contributed by atoms with van der Waals surface area (Å²) in [4.78, 5) is 0. The zero-order valence-electron chi connectivity index (χ0n) is 8.69. The summed E-state index contributed by atoms with van der Waals surface area (Å²) in [7, 11) is 0. The van der Waals surface area contributed by atoms with Crippen molar-refractivity contribution in [3.8, 4) is 0 Å². The zero-order chi connectivity index (χ0) is 8.69. The van der Waals surface area contributed by atoms with Crippen molar-refractivity contribution in [2.45, 2.75) is 59.8 Å². The molecule has 0 aliphatic carbocycles. The van der Waals surface area contributed by atoms with E-state index in [-0.39, 0.29) is 0 Å². The van der Waals surface area contributed by atoms with E-state index in [0.29, 0.717) is 0 Å². The second kappa shape index (κ2) is 6.69. The van der Waals surface area contributed by atoms with Gasteiger partial charge in [-0.2, -0.15) is 0 Å². The Bertz CT molecular complexity index is 76.1. The van der Waals surface area contributed by atoms with Gasteiger partial charge in [0, 0.05) is 0 Å². The van der Waals surface area contributed by atoms with Gasteiger partial charge in [0.05, 0.1) is 0 Å². The second-order valence-electron chi connectivity index (χ2n) is 3.72. The molecular weight excluding hydrogens is 132 g/mol. The Morgan fingerprint density at radius 1 is 0.909 bits per heavy atom. The van der Waals surface area contributed by atoms with Crippen molar-refractivity contribution >= 4 is 0 Å². The highest BCUT2D eigenvalue weighted by Crippen LogP contribution is 2.24. The molecule has 0 aliphatic rings. The molecule has 0 fully saturated rings. The van der Waals surface area contributed by atoms with Gasteiger partial charge in [0.1, 0.15) is 0 Å². The maximum Gasteiger partial charge on any atom is -0.0391 e. The first-order chi connectivity index (χ1) is 5.26. The highest BCUT2D eigenvalue weighted by Gasteiger charge is 2.12. The summed E-state index contributed by atoms with van der Waals surface area (Å²) in [5, 5.41) is 0. The van der Waals surface area contributed by atoms with E-state index in [1.807, 2.05) is 0 Å². The molecular formula is C11H24. The van der Waals surface area contributed by atoms with Crippen molar-refractivity contribution < 1.29 is 0 Å². The van der Waals surface area contributed by atoms with Gasteiger partial charge in [-0.15, -0.1) is 0 Å². The minimum Gasteiger partial charge on any atom is -0.0654 e. The zero-order valence-corrected chi connectivity index (χ0v) is 8.69. The van der Waals surface area contributed by atoms with Crippen LogP contribution in [0.2, 0.25) is 0 Å². The third-order valence-corrected chi connectivity index (χ3v) is 2.73. The SMILES string of the molecule is CCCC(C)C(CC)CCC. The Morgan fingerprint density at radius 2 is 1.45 bits per heavy atom. The average Bonchev–Trinajstić information content (AvgIpc) is 2.00. The number of hydrogen-bond acceptors (Lipinski definition) is 0. The van der Waals surface area contributed by atoms with Crippen LogP contribution in [0.15, 0.2) is 0 Å². The van der Waals surface area contributed by atoms with Crippen molar-refractivity contribution in [2.24, 2.45) is 11.8 Å². The van der Waals surface area contributed by atoms with Crippen LogP contribution in [0, 0.1) is 11.8 Å². The number of rotatable bonds is 6. The van der Waals surface area contributed by atoms with Gasteiger partial charge < -0.3 is 0 Å². The monoisotopic (exact) mass is 156 g/mol. The molecule has 2 unspecified atom stereocenters. The van der Waals surface area contributed by atoms with Gasteiger partial charge in [0.15, 0.2) is 0 Å². The topological polar surface area (TPSA) is 0 Å². The minimum absolute atomic E-state index is 0.949. The molecule has 11 heavy (non-hydrogen) atoms. The summed E-state index contributed by atoms with van der Waals surface area (Å²) < 4.78 is 0. The molecule has 0 saturated carbocycles. The Balaban J connectivity index is 3.61. The van der Waals surface area contributed by atoms with E-state index in [1.165, 1.54) is 32.1 Å². The van der Waals surface area contributed by atoms with Gasteiger partial charge in [0.2, 0.25) is 0 Å². The highest BCUT2D eigenvalue weighted by molar-refractivity contribution is 4.63. The first kappa shape index (κ1) is 11.0. The smallest absolute Gasteiger partial charge is 0.0391 e. The molecule has 0 amide bonds. The molecule has 68 valence electrons. The van der Waals surface area contributed by atoms with E-state index in [4.69, 9.17) is 0 Å². The first-order valence-corrected chi connectivity index (χ1v) is 5.26. The lowest BCUT2D eigenvalue weighted by Gasteiger charge is -2.21. The van der Waals surface area contributed by atoms with Crippen molar-refractivity contribution in [3.05, 3.63) is 0 Å². The molecule has 0 aromatic carbocycles. The standard InChI is InChI=1S/C11H24/c1-5-8-10(4)11(7-3)9-6-2/h10-11H,5-9H2,1-4H3. The van der Waals surface area contributed by atoms with E-state index in [9.17, 15) is 0 Å². The lowest BCUT2D eigenvalue weighted by molar-refractivity contribution is 0.304. The molecule has 0 bridgehead atoms. The Kier molecular flexibility index (Phi) is 6.69. The molecule has 0 heterocycles. The largest absolute Gasteiger partial charge is 0.0654 e.